The minimum absolute atomic E-state index is 0.0532. The third-order valence-electron chi connectivity index (χ3n) is 6.85. The summed E-state index contributed by atoms with van der Waals surface area (Å²) in [6, 6.07) is 5.79. The molecule has 1 aromatic carbocycles. The van der Waals surface area contributed by atoms with Crippen LogP contribution in [0.4, 0.5) is 0 Å². The standard InChI is InChI=1S/C25H35BO6/c1-9-17-11-12-18(15-21(27)29-10-2)20(14-17)30-25(8)16(3)13-19(22(25)28)26-31-23(4,5)24(6,7)32-26/h11-14,28H,9-10,15H2,1-8H3. The average Bonchev–Trinajstić information content (AvgIpc) is 3.06. The molecule has 0 saturated carbocycles. The molecule has 1 fully saturated rings. The van der Waals surface area contributed by atoms with Crippen molar-refractivity contribution in [1.29, 1.82) is 0 Å². The van der Waals surface area contributed by atoms with Gasteiger partial charge in [-0.1, -0.05) is 25.1 Å². The predicted octanol–water partition coefficient (Wildman–Crippen LogP) is 4.90. The Morgan fingerprint density at radius 3 is 2.28 bits per heavy atom. The summed E-state index contributed by atoms with van der Waals surface area (Å²) in [6.45, 7) is 15.8. The number of ether oxygens (including phenoxy) is 2. The van der Waals surface area contributed by atoms with Gasteiger partial charge in [-0.15, -0.1) is 0 Å². The molecule has 6 nitrogen and oxygen atoms in total. The minimum atomic E-state index is -1.10. The number of esters is 1. The van der Waals surface area contributed by atoms with Crippen molar-refractivity contribution in [1.82, 2.24) is 0 Å². The number of aryl methyl sites for hydroxylation is 1. The van der Waals surface area contributed by atoms with Gasteiger partial charge in [-0.05, 0) is 72.1 Å². The summed E-state index contributed by atoms with van der Waals surface area (Å²) in [5.74, 6) is 0.287. The van der Waals surface area contributed by atoms with Gasteiger partial charge in [-0.2, -0.15) is 0 Å². The minimum Gasteiger partial charge on any atom is -0.508 e. The molecular weight excluding hydrogens is 407 g/mol. The molecule has 1 N–H and O–H groups in total. The van der Waals surface area contributed by atoms with E-state index in [0.717, 1.165) is 17.6 Å². The van der Waals surface area contributed by atoms with Gasteiger partial charge >= 0.3 is 13.1 Å². The van der Waals surface area contributed by atoms with E-state index < -0.39 is 23.9 Å². The van der Waals surface area contributed by atoms with E-state index in [1.165, 1.54) is 0 Å². The summed E-state index contributed by atoms with van der Waals surface area (Å²) in [5.41, 5.74) is 1.03. The SMILES string of the molecule is CCOC(=O)Cc1ccc(CC)cc1OC1(C)C(C)=CC(B2OC(C)(C)C(C)(C)O2)=C1O. The van der Waals surface area contributed by atoms with Crippen molar-refractivity contribution in [3.8, 4) is 5.75 Å². The molecule has 0 bridgehead atoms. The van der Waals surface area contributed by atoms with E-state index in [9.17, 15) is 9.90 Å². The molecule has 174 valence electrons. The van der Waals surface area contributed by atoms with Crippen LogP contribution in [0.1, 0.15) is 66.5 Å². The molecule has 2 aliphatic rings. The summed E-state index contributed by atoms with van der Waals surface area (Å²) in [6.07, 6.45) is 2.79. The number of allylic oxidation sites excluding steroid dienone is 2. The van der Waals surface area contributed by atoms with Crippen molar-refractivity contribution in [3.63, 3.8) is 0 Å². The highest BCUT2D eigenvalue weighted by molar-refractivity contribution is 6.56. The molecule has 0 aromatic heterocycles. The summed E-state index contributed by atoms with van der Waals surface area (Å²) >= 11 is 0. The number of carbonyl (C=O) groups excluding carboxylic acids is 1. The number of hydrogen-bond acceptors (Lipinski definition) is 6. The van der Waals surface area contributed by atoms with Crippen molar-refractivity contribution in [2.75, 3.05) is 6.61 Å². The van der Waals surface area contributed by atoms with Crippen LogP contribution in [-0.4, -0.2) is 41.6 Å². The van der Waals surface area contributed by atoms with Gasteiger partial charge in [0.2, 0.25) is 0 Å². The molecule has 32 heavy (non-hydrogen) atoms. The Morgan fingerprint density at radius 2 is 1.72 bits per heavy atom. The van der Waals surface area contributed by atoms with Crippen LogP contribution < -0.4 is 4.74 Å². The maximum absolute atomic E-state index is 12.1. The fourth-order valence-electron chi connectivity index (χ4n) is 3.83. The van der Waals surface area contributed by atoms with Crippen molar-refractivity contribution < 1.29 is 28.7 Å². The van der Waals surface area contributed by atoms with Gasteiger partial charge in [-0.25, -0.2) is 0 Å². The Morgan fingerprint density at radius 1 is 1.09 bits per heavy atom. The molecule has 0 radical (unpaired) electrons. The number of carbonyl (C=O) groups is 1. The Balaban J connectivity index is 1.95. The zero-order chi connectivity index (χ0) is 23.9. The van der Waals surface area contributed by atoms with E-state index >= 15 is 0 Å². The molecule has 1 heterocycles. The monoisotopic (exact) mass is 442 g/mol. The van der Waals surface area contributed by atoms with Crippen LogP contribution in [0.2, 0.25) is 0 Å². The Kier molecular flexibility index (Phi) is 6.56. The lowest BCUT2D eigenvalue weighted by Gasteiger charge is -2.32. The molecule has 0 amide bonds. The van der Waals surface area contributed by atoms with Gasteiger partial charge in [0.15, 0.2) is 5.60 Å². The number of rotatable bonds is 7. The first-order valence-electron chi connectivity index (χ1n) is 11.3. The summed E-state index contributed by atoms with van der Waals surface area (Å²) in [4.78, 5) is 12.1. The molecule has 1 saturated heterocycles. The van der Waals surface area contributed by atoms with Gasteiger partial charge in [0, 0.05) is 11.0 Å². The van der Waals surface area contributed by atoms with Crippen LogP contribution in [-0.2, 0) is 31.7 Å². The van der Waals surface area contributed by atoms with E-state index in [4.69, 9.17) is 18.8 Å². The fraction of sp³-hybridized carbons (Fsp3) is 0.560. The van der Waals surface area contributed by atoms with Crippen LogP contribution >= 0.6 is 0 Å². The molecule has 3 rings (SSSR count). The molecule has 0 spiro atoms. The second kappa shape index (κ2) is 8.60. The van der Waals surface area contributed by atoms with Gasteiger partial charge < -0.3 is 23.9 Å². The Bertz CT molecular complexity index is 945. The van der Waals surface area contributed by atoms with Gasteiger partial charge in [0.25, 0.3) is 0 Å². The number of hydrogen-bond donors (Lipinski definition) is 1. The summed E-state index contributed by atoms with van der Waals surface area (Å²) in [5, 5.41) is 11.3. The van der Waals surface area contributed by atoms with Crippen molar-refractivity contribution >= 4 is 13.1 Å². The zero-order valence-corrected chi connectivity index (χ0v) is 20.5. The average molecular weight is 442 g/mol. The normalized spacial score (nSPS) is 24.0. The first-order valence-corrected chi connectivity index (χ1v) is 11.3. The van der Waals surface area contributed by atoms with E-state index in [-0.39, 0.29) is 18.1 Å². The van der Waals surface area contributed by atoms with Crippen LogP contribution in [0.15, 0.2) is 41.1 Å². The number of aliphatic hydroxyl groups is 1. The second-order valence-corrected chi connectivity index (χ2v) is 9.63. The van der Waals surface area contributed by atoms with Gasteiger partial charge in [0.05, 0.1) is 24.2 Å². The van der Waals surface area contributed by atoms with Crippen LogP contribution in [0, 0.1) is 0 Å². The molecule has 7 heteroatoms. The first kappa shape index (κ1) is 24.4. The van der Waals surface area contributed by atoms with Gasteiger partial charge in [0.1, 0.15) is 11.5 Å². The molecule has 1 atom stereocenters. The summed E-state index contributed by atoms with van der Waals surface area (Å²) < 4.78 is 23.9. The van der Waals surface area contributed by atoms with Crippen molar-refractivity contribution in [3.05, 3.63) is 52.2 Å². The van der Waals surface area contributed by atoms with E-state index in [2.05, 4.69) is 6.92 Å². The van der Waals surface area contributed by atoms with Crippen molar-refractivity contribution in [2.45, 2.75) is 85.0 Å². The quantitative estimate of drug-likeness (QED) is 0.479. The lowest BCUT2D eigenvalue weighted by molar-refractivity contribution is -0.142. The molecule has 1 aliphatic carbocycles. The molecule has 1 aliphatic heterocycles. The Hall–Kier alpha value is -2.25. The highest BCUT2D eigenvalue weighted by Crippen LogP contribution is 2.45. The Labute approximate surface area is 191 Å². The predicted molar refractivity (Wildman–Crippen MR) is 125 cm³/mol. The van der Waals surface area contributed by atoms with E-state index in [0.29, 0.717) is 23.4 Å². The fourth-order valence-corrected chi connectivity index (χ4v) is 3.83. The number of benzene rings is 1. The topological polar surface area (TPSA) is 74.2 Å². The lowest BCUT2D eigenvalue weighted by Crippen LogP contribution is -2.41. The smallest absolute Gasteiger partial charge is 0.498 e. The third-order valence-corrected chi connectivity index (χ3v) is 6.85. The maximum atomic E-state index is 12.1. The van der Waals surface area contributed by atoms with Gasteiger partial charge in [-0.3, -0.25) is 4.79 Å². The number of aliphatic hydroxyl groups excluding tert-OH is 1. The zero-order valence-electron chi connectivity index (χ0n) is 20.5. The highest BCUT2D eigenvalue weighted by Gasteiger charge is 2.55. The van der Waals surface area contributed by atoms with Crippen LogP contribution in [0.5, 0.6) is 5.75 Å². The van der Waals surface area contributed by atoms with Crippen LogP contribution in [0.25, 0.3) is 0 Å². The molecule has 1 aromatic rings. The largest absolute Gasteiger partial charge is 0.508 e. The van der Waals surface area contributed by atoms with Crippen molar-refractivity contribution in [2.24, 2.45) is 0 Å². The summed E-state index contributed by atoms with van der Waals surface area (Å²) in [7, 11) is -0.693. The maximum Gasteiger partial charge on any atom is 0.498 e. The van der Waals surface area contributed by atoms with E-state index in [1.54, 1.807) is 6.92 Å². The highest BCUT2D eigenvalue weighted by atomic mass is 16.7. The first-order chi connectivity index (χ1) is 14.8. The molecule has 1 unspecified atom stereocenters. The third kappa shape index (κ3) is 4.33. The van der Waals surface area contributed by atoms with E-state index in [1.807, 2.05) is 65.8 Å². The second-order valence-electron chi connectivity index (χ2n) is 9.63. The lowest BCUT2D eigenvalue weighted by atomic mass is 9.78. The van der Waals surface area contributed by atoms with Crippen LogP contribution in [0.3, 0.4) is 0 Å². The molecular formula is C25H35BO6.